The van der Waals surface area contributed by atoms with Crippen molar-refractivity contribution >= 4 is 27.7 Å². The smallest absolute Gasteiger partial charge is 0.339 e. The van der Waals surface area contributed by atoms with Gasteiger partial charge in [-0.15, -0.1) is 0 Å². The van der Waals surface area contributed by atoms with Gasteiger partial charge in [-0.2, -0.15) is 0 Å². The molecule has 1 unspecified atom stereocenters. The number of carbonyl (C=O) groups is 1. The van der Waals surface area contributed by atoms with Crippen LogP contribution in [0.3, 0.4) is 0 Å². The zero-order valence-electron chi connectivity index (χ0n) is 11.1. The Labute approximate surface area is 126 Å². The molecule has 2 saturated heterocycles. The van der Waals surface area contributed by atoms with Crippen LogP contribution >= 0.6 is 15.9 Å². The maximum atomic E-state index is 11.4. The predicted molar refractivity (Wildman–Crippen MR) is 78.3 cm³/mol. The lowest BCUT2D eigenvalue weighted by molar-refractivity contribution is -0.0622. The summed E-state index contributed by atoms with van der Waals surface area (Å²) in [6, 6.07) is 1.61. The highest BCUT2D eigenvalue weighted by molar-refractivity contribution is 9.10. The lowest BCUT2D eigenvalue weighted by Gasteiger charge is -2.33. The second-order valence-corrected chi connectivity index (χ2v) is 6.41. The van der Waals surface area contributed by atoms with E-state index in [0.29, 0.717) is 10.3 Å². The van der Waals surface area contributed by atoms with Gasteiger partial charge in [0.1, 0.15) is 11.4 Å². The molecule has 3 heterocycles. The summed E-state index contributed by atoms with van der Waals surface area (Å²) in [4.78, 5) is 17.7. The van der Waals surface area contributed by atoms with Gasteiger partial charge in [0, 0.05) is 30.4 Å². The van der Waals surface area contributed by atoms with Crippen LogP contribution < -0.4 is 4.90 Å². The Balaban J connectivity index is 1.85. The fraction of sp³-hybridized carbons (Fsp3) is 0.571. The number of hydrogen-bond acceptors (Lipinski definition) is 4. The van der Waals surface area contributed by atoms with Gasteiger partial charge in [0.05, 0.1) is 5.60 Å². The number of hydrogen-bond donors (Lipinski definition) is 1. The minimum atomic E-state index is -0.945. The number of rotatable bonds is 2. The molecule has 2 aliphatic rings. The normalized spacial score (nSPS) is 26.1. The monoisotopic (exact) mass is 340 g/mol. The van der Waals surface area contributed by atoms with Crippen LogP contribution in [0.25, 0.3) is 0 Å². The third kappa shape index (κ3) is 2.54. The molecule has 0 radical (unpaired) electrons. The van der Waals surface area contributed by atoms with Crippen molar-refractivity contribution in [3.8, 4) is 0 Å². The summed E-state index contributed by atoms with van der Waals surface area (Å²) in [5.41, 5.74) is 0.148. The van der Waals surface area contributed by atoms with Gasteiger partial charge in [-0.3, -0.25) is 0 Å². The average Bonchev–Trinajstić information content (AvgIpc) is 2.83. The van der Waals surface area contributed by atoms with E-state index in [1.165, 1.54) is 6.42 Å². The fourth-order valence-electron chi connectivity index (χ4n) is 3.10. The lowest BCUT2D eigenvalue weighted by Crippen LogP contribution is -2.39. The fourth-order valence-corrected chi connectivity index (χ4v) is 3.43. The molecule has 20 heavy (non-hydrogen) atoms. The predicted octanol–water partition coefficient (Wildman–Crippen LogP) is 2.69. The summed E-state index contributed by atoms with van der Waals surface area (Å²) in [5.74, 6) is -0.397. The molecule has 3 rings (SSSR count). The molecule has 0 saturated carbocycles. The maximum absolute atomic E-state index is 11.4. The van der Waals surface area contributed by atoms with Gasteiger partial charge in [-0.1, -0.05) is 0 Å². The first-order valence-electron chi connectivity index (χ1n) is 6.87. The van der Waals surface area contributed by atoms with Crippen molar-refractivity contribution < 1.29 is 14.6 Å². The molecular formula is C14H17BrN2O3. The molecule has 0 aliphatic carbocycles. The van der Waals surface area contributed by atoms with Gasteiger partial charge >= 0.3 is 5.97 Å². The standard InChI is InChI=1S/C14H17BrN2O3/c15-10-7-11(13(18)19)12(16-8-10)17-5-4-14(9-17)3-1-2-6-20-14/h7-8H,1-6,9H2,(H,18,19). The van der Waals surface area contributed by atoms with Crippen LogP contribution in [0.2, 0.25) is 0 Å². The van der Waals surface area contributed by atoms with Gasteiger partial charge in [0.15, 0.2) is 0 Å². The first kappa shape index (κ1) is 13.8. The quantitative estimate of drug-likeness (QED) is 0.896. The number of anilines is 1. The third-order valence-corrected chi connectivity index (χ3v) is 4.55. The van der Waals surface area contributed by atoms with Gasteiger partial charge in [0.25, 0.3) is 0 Å². The number of halogens is 1. The van der Waals surface area contributed by atoms with Gasteiger partial charge < -0.3 is 14.7 Å². The van der Waals surface area contributed by atoms with Crippen LogP contribution in [0.1, 0.15) is 36.0 Å². The zero-order chi connectivity index (χ0) is 14.2. The molecule has 5 nitrogen and oxygen atoms in total. The lowest BCUT2D eigenvalue weighted by atomic mass is 9.93. The van der Waals surface area contributed by atoms with Gasteiger partial charge in [-0.05, 0) is 47.7 Å². The van der Waals surface area contributed by atoms with Crippen molar-refractivity contribution in [1.29, 1.82) is 0 Å². The molecule has 2 fully saturated rings. The number of nitrogens with zero attached hydrogens (tertiary/aromatic N) is 2. The Bertz CT molecular complexity index is 529. The Kier molecular flexibility index (Phi) is 3.69. The molecule has 1 aromatic rings. The van der Waals surface area contributed by atoms with Crippen LogP contribution in [0.15, 0.2) is 16.7 Å². The van der Waals surface area contributed by atoms with Gasteiger partial charge in [-0.25, -0.2) is 9.78 Å². The average molecular weight is 341 g/mol. The van der Waals surface area contributed by atoms with Crippen LogP contribution in [-0.4, -0.2) is 41.4 Å². The third-order valence-electron chi connectivity index (χ3n) is 4.11. The van der Waals surface area contributed by atoms with E-state index in [-0.39, 0.29) is 11.2 Å². The second kappa shape index (κ2) is 5.33. The summed E-state index contributed by atoms with van der Waals surface area (Å²) in [5, 5.41) is 9.33. The Morgan fingerprint density at radius 2 is 2.30 bits per heavy atom. The highest BCUT2D eigenvalue weighted by atomic mass is 79.9. The number of aromatic carboxylic acids is 1. The molecule has 0 aromatic carbocycles. The molecule has 2 aliphatic heterocycles. The summed E-state index contributed by atoms with van der Waals surface area (Å²) in [6.45, 7) is 2.35. The number of pyridine rings is 1. The first-order chi connectivity index (χ1) is 9.60. The largest absolute Gasteiger partial charge is 0.478 e. The van der Waals surface area contributed by atoms with E-state index < -0.39 is 5.97 Å². The van der Waals surface area contributed by atoms with Crippen LogP contribution in [-0.2, 0) is 4.74 Å². The molecule has 1 N–H and O–H groups in total. The van der Waals surface area contributed by atoms with E-state index in [1.54, 1.807) is 12.3 Å². The Morgan fingerprint density at radius 3 is 3.00 bits per heavy atom. The van der Waals surface area contributed by atoms with E-state index in [9.17, 15) is 9.90 Å². The van der Waals surface area contributed by atoms with Crippen molar-refractivity contribution in [2.75, 3.05) is 24.6 Å². The van der Waals surface area contributed by atoms with Crippen molar-refractivity contribution in [3.05, 3.63) is 22.3 Å². The van der Waals surface area contributed by atoms with Crippen LogP contribution in [0, 0.1) is 0 Å². The maximum Gasteiger partial charge on any atom is 0.339 e. The van der Waals surface area contributed by atoms with E-state index in [1.807, 2.05) is 4.90 Å². The molecular weight excluding hydrogens is 324 g/mol. The number of carboxylic acid groups (broad SMARTS) is 1. The number of ether oxygens (including phenoxy) is 1. The Hall–Kier alpha value is -1.14. The zero-order valence-corrected chi connectivity index (χ0v) is 12.7. The van der Waals surface area contributed by atoms with E-state index in [2.05, 4.69) is 20.9 Å². The second-order valence-electron chi connectivity index (χ2n) is 5.49. The van der Waals surface area contributed by atoms with E-state index in [0.717, 1.165) is 39.0 Å². The molecule has 1 spiro atoms. The molecule has 1 atom stereocenters. The number of aromatic nitrogens is 1. The minimum absolute atomic E-state index is 0.0945. The highest BCUT2D eigenvalue weighted by Crippen LogP contribution is 2.36. The minimum Gasteiger partial charge on any atom is -0.478 e. The highest BCUT2D eigenvalue weighted by Gasteiger charge is 2.41. The van der Waals surface area contributed by atoms with Crippen LogP contribution in [0.4, 0.5) is 5.82 Å². The Morgan fingerprint density at radius 1 is 1.45 bits per heavy atom. The summed E-state index contributed by atoms with van der Waals surface area (Å²) in [6.07, 6.45) is 5.97. The summed E-state index contributed by atoms with van der Waals surface area (Å²) >= 11 is 3.27. The SMILES string of the molecule is O=C(O)c1cc(Br)cnc1N1CCC2(CCCCO2)C1. The molecule has 6 heteroatoms. The van der Waals surface area contributed by atoms with Crippen molar-refractivity contribution in [2.24, 2.45) is 0 Å². The van der Waals surface area contributed by atoms with E-state index >= 15 is 0 Å². The topological polar surface area (TPSA) is 62.7 Å². The molecule has 1 aromatic heterocycles. The summed E-state index contributed by atoms with van der Waals surface area (Å²) < 4.78 is 6.66. The number of carboxylic acids is 1. The van der Waals surface area contributed by atoms with Crippen molar-refractivity contribution in [3.63, 3.8) is 0 Å². The van der Waals surface area contributed by atoms with Crippen molar-refractivity contribution in [2.45, 2.75) is 31.3 Å². The first-order valence-corrected chi connectivity index (χ1v) is 7.67. The van der Waals surface area contributed by atoms with E-state index in [4.69, 9.17) is 4.74 Å². The van der Waals surface area contributed by atoms with Crippen molar-refractivity contribution in [1.82, 2.24) is 4.98 Å². The van der Waals surface area contributed by atoms with Gasteiger partial charge in [0.2, 0.25) is 0 Å². The molecule has 0 bridgehead atoms. The summed E-state index contributed by atoms with van der Waals surface area (Å²) in [7, 11) is 0. The molecule has 0 amide bonds. The molecule has 108 valence electrons. The van der Waals surface area contributed by atoms with Crippen LogP contribution in [0.5, 0.6) is 0 Å².